The maximum atomic E-state index is 12.9. The van der Waals surface area contributed by atoms with Crippen molar-refractivity contribution in [1.82, 2.24) is 15.3 Å². The molecule has 10 nitrogen and oxygen atoms in total. The summed E-state index contributed by atoms with van der Waals surface area (Å²) in [4.78, 5) is 32.8. The number of hydrogen-bond donors (Lipinski definition) is 3. The van der Waals surface area contributed by atoms with Gasteiger partial charge in [-0.05, 0) is 61.6 Å². The van der Waals surface area contributed by atoms with Gasteiger partial charge in [-0.15, -0.1) is 0 Å². The van der Waals surface area contributed by atoms with Crippen molar-refractivity contribution in [2.24, 2.45) is 5.92 Å². The third-order valence-electron chi connectivity index (χ3n) is 6.43. The number of carbonyl (C=O) groups excluding carboxylic acids is 1. The van der Waals surface area contributed by atoms with Crippen molar-refractivity contribution in [3.8, 4) is 28.7 Å². The third kappa shape index (κ3) is 5.95. The van der Waals surface area contributed by atoms with Crippen molar-refractivity contribution in [1.29, 1.82) is 5.26 Å². The number of benzene rings is 2. The summed E-state index contributed by atoms with van der Waals surface area (Å²) in [5, 5.41) is 24.4. The first kappa shape index (κ1) is 25.4. The highest BCUT2D eigenvalue weighted by molar-refractivity contribution is 5.96. The van der Waals surface area contributed by atoms with Crippen LogP contribution in [-0.2, 0) is 4.79 Å². The standard InChI is InChI=1S/C27H27N5O5/c1-36-23-10-7-18(25(33)31-21-8-5-16(6-9-21)26(34)35)11-22(23)32-27-29-14-20(15-30-27)17-3-4-19(13-28)24(12-17)37-2/h3-4,7,10-12,14-16,21H,5-6,8-9H2,1-2H3,(H,31,33)(H,34,35)(H,29,30,32). The Balaban J connectivity index is 1.46. The quantitative estimate of drug-likeness (QED) is 0.414. The van der Waals surface area contributed by atoms with Crippen molar-refractivity contribution in [2.75, 3.05) is 19.5 Å². The van der Waals surface area contributed by atoms with Crippen LogP contribution in [0.15, 0.2) is 48.8 Å². The average molecular weight is 502 g/mol. The van der Waals surface area contributed by atoms with E-state index in [1.54, 1.807) is 48.8 Å². The lowest BCUT2D eigenvalue weighted by Crippen LogP contribution is -2.38. The van der Waals surface area contributed by atoms with Gasteiger partial charge in [-0.1, -0.05) is 6.07 Å². The second kappa shape index (κ2) is 11.4. The molecule has 0 radical (unpaired) electrons. The maximum Gasteiger partial charge on any atom is 0.306 e. The molecule has 3 aromatic rings. The van der Waals surface area contributed by atoms with Crippen LogP contribution < -0.4 is 20.1 Å². The Bertz CT molecular complexity index is 1330. The summed E-state index contributed by atoms with van der Waals surface area (Å²) in [7, 11) is 3.04. The molecule has 2 aromatic carbocycles. The SMILES string of the molecule is COc1cc(-c2cnc(Nc3cc(C(=O)NC4CCC(C(=O)O)CC4)ccc3OC)nc2)ccc1C#N. The predicted octanol–water partition coefficient (Wildman–Crippen LogP) is 4.15. The molecule has 3 N–H and O–H groups in total. The Morgan fingerprint density at radius 2 is 1.68 bits per heavy atom. The van der Waals surface area contributed by atoms with E-state index in [0.29, 0.717) is 59.9 Å². The molecule has 0 unspecified atom stereocenters. The van der Waals surface area contributed by atoms with Gasteiger partial charge in [0.1, 0.15) is 17.6 Å². The number of amides is 1. The molecular formula is C27H27N5O5. The highest BCUT2D eigenvalue weighted by Gasteiger charge is 2.27. The van der Waals surface area contributed by atoms with Crippen LogP contribution in [0.1, 0.15) is 41.6 Å². The minimum atomic E-state index is -0.775. The first-order valence-corrected chi connectivity index (χ1v) is 11.8. The summed E-state index contributed by atoms with van der Waals surface area (Å²) in [5.41, 5.74) is 2.94. The molecule has 1 aromatic heterocycles. The van der Waals surface area contributed by atoms with Crippen LogP contribution in [0.5, 0.6) is 11.5 Å². The Morgan fingerprint density at radius 1 is 0.973 bits per heavy atom. The van der Waals surface area contributed by atoms with Gasteiger partial charge >= 0.3 is 5.97 Å². The number of anilines is 2. The first-order valence-electron chi connectivity index (χ1n) is 11.8. The van der Waals surface area contributed by atoms with E-state index in [9.17, 15) is 14.9 Å². The molecule has 0 aliphatic heterocycles. The number of carboxylic acids is 1. The topological polar surface area (TPSA) is 146 Å². The second-order valence-corrected chi connectivity index (χ2v) is 8.72. The number of carbonyl (C=O) groups is 2. The predicted molar refractivity (Wildman–Crippen MR) is 136 cm³/mol. The van der Waals surface area contributed by atoms with Crippen LogP contribution in [0.4, 0.5) is 11.6 Å². The van der Waals surface area contributed by atoms with Crippen LogP contribution in [0.25, 0.3) is 11.1 Å². The number of aliphatic carboxylic acids is 1. The van der Waals surface area contributed by atoms with Crippen LogP contribution in [0.2, 0.25) is 0 Å². The number of aromatic nitrogens is 2. The molecule has 1 fully saturated rings. The number of nitrogens with zero attached hydrogens (tertiary/aromatic N) is 3. The van der Waals surface area contributed by atoms with Crippen molar-refractivity contribution in [3.05, 3.63) is 59.9 Å². The number of hydrogen-bond acceptors (Lipinski definition) is 8. The molecule has 1 aliphatic rings. The first-order chi connectivity index (χ1) is 17.9. The number of ether oxygens (including phenoxy) is 2. The Morgan fingerprint density at radius 3 is 2.30 bits per heavy atom. The summed E-state index contributed by atoms with van der Waals surface area (Å²) in [5.74, 6) is -0.0551. The Hall–Kier alpha value is -4.65. The molecule has 10 heteroatoms. The number of carboxylic acid groups (broad SMARTS) is 1. The van der Waals surface area contributed by atoms with Gasteiger partial charge in [-0.2, -0.15) is 5.26 Å². The largest absolute Gasteiger partial charge is 0.495 e. The number of nitrogens with one attached hydrogen (secondary N) is 2. The zero-order valence-corrected chi connectivity index (χ0v) is 20.5. The van der Waals surface area contributed by atoms with Gasteiger partial charge in [0, 0.05) is 29.6 Å². The lowest BCUT2D eigenvalue weighted by Gasteiger charge is -2.26. The van der Waals surface area contributed by atoms with E-state index in [1.165, 1.54) is 14.2 Å². The lowest BCUT2D eigenvalue weighted by atomic mass is 9.86. The molecule has 1 saturated carbocycles. The molecular weight excluding hydrogens is 474 g/mol. The average Bonchev–Trinajstić information content (AvgIpc) is 2.93. The fourth-order valence-corrected chi connectivity index (χ4v) is 4.33. The Labute approximate surface area is 214 Å². The van der Waals surface area contributed by atoms with Gasteiger partial charge in [-0.25, -0.2) is 9.97 Å². The van der Waals surface area contributed by atoms with E-state index in [4.69, 9.17) is 14.6 Å². The summed E-state index contributed by atoms with van der Waals surface area (Å²) >= 11 is 0. The minimum Gasteiger partial charge on any atom is -0.495 e. The van der Waals surface area contributed by atoms with E-state index in [-0.39, 0.29) is 17.9 Å². The summed E-state index contributed by atoms with van der Waals surface area (Å²) < 4.78 is 10.7. The van der Waals surface area contributed by atoms with Gasteiger partial charge in [-0.3, -0.25) is 9.59 Å². The summed E-state index contributed by atoms with van der Waals surface area (Å²) in [6.45, 7) is 0. The zero-order chi connectivity index (χ0) is 26.4. The van der Waals surface area contributed by atoms with Crippen LogP contribution >= 0.6 is 0 Å². The minimum absolute atomic E-state index is 0.0571. The fraction of sp³-hybridized carbons (Fsp3) is 0.296. The van der Waals surface area contributed by atoms with Crippen LogP contribution in [-0.4, -0.2) is 47.2 Å². The van der Waals surface area contributed by atoms with Gasteiger partial charge in [0.15, 0.2) is 0 Å². The van der Waals surface area contributed by atoms with E-state index in [1.807, 2.05) is 0 Å². The van der Waals surface area contributed by atoms with E-state index in [2.05, 4.69) is 26.7 Å². The van der Waals surface area contributed by atoms with Crippen molar-refractivity contribution in [2.45, 2.75) is 31.7 Å². The monoisotopic (exact) mass is 501 g/mol. The van der Waals surface area contributed by atoms with E-state index >= 15 is 0 Å². The third-order valence-corrected chi connectivity index (χ3v) is 6.43. The smallest absolute Gasteiger partial charge is 0.306 e. The fourth-order valence-electron chi connectivity index (χ4n) is 4.33. The number of methoxy groups -OCH3 is 2. The highest BCUT2D eigenvalue weighted by Crippen LogP contribution is 2.30. The van der Waals surface area contributed by atoms with E-state index in [0.717, 1.165) is 11.1 Å². The van der Waals surface area contributed by atoms with Crippen LogP contribution in [0, 0.1) is 17.2 Å². The number of rotatable bonds is 8. The molecule has 0 spiro atoms. The van der Waals surface area contributed by atoms with E-state index < -0.39 is 5.97 Å². The van der Waals surface area contributed by atoms with Gasteiger partial charge in [0.2, 0.25) is 5.95 Å². The van der Waals surface area contributed by atoms with Crippen molar-refractivity contribution < 1.29 is 24.2 Å². The highest BCUT2D eigenvalue weighted by atomic mass is 16.5. The molecule has 37 heavy (non-hydrogen) atoms. The summed E-state index contributed by atoms with van der Waals surface area (Å²) in [6, 6.07) is 12.3. The van der Waals surface area contributed by atoms with Crippen LogP contribution in [0.3, 0.4) is 0 Å². The maximum absolute atomic E-state index is 12.9. The molecule has 1 aliphatic carbocycles. The summed E-state index contributed by atoms with van der Waals surface area (Å²) in [6.07, 6.45) is 5.67. The van der Waals surface area contributed by atoms with Gasteiger partial charge in [0.25, 0.3) is 5.91 Å². The Kier molecular flexibility index (Phi) is 7.83. The van der Waals surface area contributed by atoms with Gasteiger partial charge < -0.3 is 25.2 Å². The van der Waals surface area contributed by atoms with Gasteiger partial charge in [0.05, 0.1) is 31.4 Å². The lowest BCUT2D eigenvalue weighted by molar-refractivity contribution is -0.142. The van der Waals surface area contributed by atoms with Crippen molar-refractivity contribution in [3.63, 3.8) is 0 Å². The molecule has 0 atom stereocenters. The van der Waals surface area contributed by atoms with Crippen molar-refractivity contribution >= 4 is 23.5 Å². The zero-order valence-electron chi connectivity index (χ0n) is 20.5. The molecule has 1 amide bonds. The molecule has 1 heterocycles. The molecule has 4 rings (SSSR count). The second-order valence-electron chi connectivity index (χ2n) is 8.72. The number of nitriles is 1. The normalized spacial score (nSPS) is 16.8. The molecule has 0 bridgehead atoms. The molecule has 0 saturated heterocycles. The molecule has 190 valence electrons.